The van der Waals surface area contributed by atoms with Gasteiger partial charge in [-0.3, -0.25) is 4.90 Å². The van der Waals surface area contributed by atoms with Gasteiger partial charge in [0.1, 0.15) is 18.2 Å². The number of halogens is 1. The largest absolute Gasteiger partial charge is 0.459 e. The smallest absolute Gasteiger partial charge is 0.411 e. The standard InChI is InChI=1S/C17H22BrNO4/c1-17(2,3)23-16(21)19-10-13(18)9-14(19)15(20)22-11-12-7-5-4-6-8-12/h4-8,13-14H,9-11H2,1-3H3/t13-,14-/m1/s1. The van der Waals surface area contributed by atoms with Crippen molar-refractivity contribution in [2.75, 3.05) is 6.54 Å². The van der Waals surface area contributed by atoms with E-state index in [4.69, 9.17) is 9.47 Å². The summed E-state index contributed by atoms with van der Waals surface area (Å²) in [5, 5.41) is 0. The number of esters is 1. The Kier molecular flexibility index (Phi) is 5.68. The quantitative estimate of drug-likeness (QED) is 0.591. The van der Waals surface area contributed by atoms with Crippen LogP contribution in [0, 0.1) is 0 Å². The summed E-state index contributed by atoms with van der Waals surface area (Å²) in [4.78, 5) is 26.1. The SMILES string of the molecule is CC(C)(C)OC(=O)N1C[C@H](Br)C[C@@H]1C(=O)OCc1ccccc1. The highest BCUT2D eigenvalue weighted by Gasteiger charge is 2.41. The Labute approximate surface area is 145 Å². The molecule has 6 heteroatoms. The predicted octanol–water partition coefficient (Wildman–Crippen LogP) is 3.50. The minimum absolute atomic E-state index is 0.0595. The maximum Gasteiger partial charge on any atom is 0.411 e. The number of carbonyl (C=O) groups is 2. The van der Waals surface area contributed by atoms with Gasteiger partial charge < -0.3 is 9.47 Å². The Morgan fingerprint density at radius 2 is 1.91 bits per heavy atom. The van der Waals surface area contributed by atoms with Crippen molar-refractivity contribution in [2.24, 2.45) is 0 Å². The molecule has 1 amide bonds. The van der Waals surface area contributed by atoms with Crippen molar-refractivity contribution in [1.29, 1.82) is 0 Å². The Morgan fingerprint density at radius 3 is 2.52 bits per heavy atom. The van der Waals surface area contributed by atoms with E-state index < -0.39 is 23.7 Å². The van der Waals surface area contributed by atoms with Crippen LogP contribution < -0.4 is 0 Å². The summed E-state index contributed by atoms with van der Waals surface area (Å²) in [5.74, 6) is -0.401. The lowest BCUT2D eigenvalue weighted by molar-refractivity contribution is -0.150. The van der Waals surface area contributed by atoms with Crippen molar-refractivity contribution in [3.8, 4) is 0 Å². The van der Waals surface area contributed by atoms with Crippen LogP contribution in [0.5, 0.6) is 0 Å². The molecule has 2 rings (SSSR count). The molecule has 0 spiro atoms. The van der Waals surface area contributed by atoms with E-state index in [0.717, 1.165) is 5.56 Å². The zero-order valence-electron chi connectivity index (χ0n) is 13.6. The zero-order valence-corrected chi connectivity index (χ0v) is 15.2. The number of ether oxygens (including phenoxy) is 2. The van der Waals surface area contributed by atoms with Crippen molar-refractivity contribution in [3.63, 3.8) is 0 Å². The molecule has 23 heavy (non-hydrogen) atoms. The van der Waals surface area contributed by atoms with E-state index in [1.807, 2.05) is 30.3 Å². The molecule has 0 aliphatic carbocycles. The van der Waals surface area contributed by atoms with E-state index in [2.05, 4.69) is 15.9 Å². The van der Waals surface area contributed by atoms with Crippen molar-refractivity contribution in [2.45, 2.75) is 50.3 Å². The molecule has 126 valence electrons. The number of hydrogen-bond acceptors (Lipinski definition) is 4. The van der Waals surface area contributed by atoms with Crippen LogP contribution in [0.2, 0.25) is 0 Å². The molecule has 1 aliphatic rings. The minimum atomic E-state index is -0.613. The van der Waals surface area contributed by atoms with Crippen molar-refractivity contribution < 1.29 is 19.1 Å². The molecule has 0 unspecified atom stereocenters. The van der Waals surface area contributed by atoms with E-state index in [0.29, 0.717) is 13.0 Å². The number of benzene rings is 1. The molecule has 1 aliphatic heterocycles. The summed E-state index contributed by atoms with van der Waals surface area (Å²) in [6, 6.07) is 8.85. The second kappa shape index (κ2) is 7.34. The van der Waals surface area contributed by atoms with E-state index in [9.17, 15) is 9.59 Å². The third kappa shape index (κ3) is 5.23. The molecule has 0 aromatic heterocycles. The second-order valence-electron chi connectivity index (χ2n) is 6.57. The first kappa shape index (κ1) is 17.8. The number of nitrogens with zero attached hydrogens (tertiary/aromatic N) is 1. The predicted molar refractivity (Wildman–Crippen MR) is 90.3 cm³/mol. The Morgan fingerprint density at radius 1 is 1.26 bits per heavy atom. The summed E-state index contributed by atoms with van der Waals surface area (Å²) in [6.07, 6.45) is 0.0356. The monoisotopic (exact) mass is 383 g/mol. The van der Waals surface area contributed by atoms with Crippen LogP contribution in [0.15, 0.2) is 30.3 Å². The lowest BCUT2D eigenvalue weighted by atomic mass is 10.2. The van der Waals surface area contributed by atoms with E-state index in [1.165, 1.54) is 4.90 Å². The fourth-order valence-electron chi connectivity index (χ4n) is 2.36. The van der Waals surface area contributed by atoms with E-state index in [-0.39, 0.29) is 11.4 Å². The molecular formula is C17H22BrNO4. The number of likely N-dealkylation sites (tertiary alicyclic amines) is 1. The summed E-state index contributed by atoms with van der Waals surface area (Å²) < 4.78 is 10.7. The molecule has 1 fully saturated rings. The lowest BCUT2D eigenvalue weighted by Crippen LogP contribution is -2.44. The molecular weight excluding hydrogens is 362 g/mol. The van der Waals surface area contributed by atoms with Crippen LogP contribution in [-0.2, 0) is 20.9 Å². The van der Waals surface area contributed by atoms with Gasteiger partial charge >= 0.3 is 12.1 Å². The van der Waals surface area contributed by atoms with Crippen LogP contribution in [-0.4, -0.2) is 40.0 Å². The van der Waals surface area contributed by atoms with Gasteiger partial charge in [0.2, 0.25) is 0 Å². The summed E-state index contributed by atoms with van der Waals surface area (Å²) in [5.41, 5.74) is 0.318. The number of rotatable bonds is 3. The first-order valence-corrected chi connectivity index (χ1v) is 8.52. The Hall–Kier alpha value is -1.56. The fourth-order valence-corrected chi connectivity index (χ4v) is 3.02. The Bertz CT molecular complexity index is 555. The molecule has 1 aromatic rings. The number of hydrogen-bond donors (Lipinski definition) is 0. The van der Waals surface area contributed by atoms with E-state index >= 15 is 0 Å². The van der Waals surface area contributed by atoms with Gasteiger partial charge in [-0.2, -0.15) is 0 Å². The number of carbonyl (C=O) groups excluding carboxylic acids is 2. The fraction of sp³-hybridized carbons (Fsp3) is 0.529. The number of alkyl halides is 1. The van der Waals surface area contributed by atoms with Gasteiger partial charge in [0, 0.05) is 11.4 Å². The second-order valence-corrected chi connectivity index (χ2v) is 7.87. The van der Waals surface area contributed by atoms with Gasteiger partial charge in [0.15, 0.2) is 0 Å². The first-order valence-electron chi connectivity index (χ1n) is 7.60. The van der Waals surface area contributed by atoms with Gasteiger partial charge in [-0.15, -0.1) is 0 Å². The molecule has 1 aromatic carbocycles. The zero-order chi connectivity index (χ0) is 17.0. The molecule has 5 nitrogen and oxygen atoms in total. The van der Waals surface area contributed by atoms with Gasteiger partial charge in [-0.1, -0.05) is 46.3 Å². The topological polar surface area (TPSA) is 55.8 Å². The third-order valence-electron chi connectivity index (χ3n) is 3.37. The van der Waals surface area contributed by atoms with Gasteiger partial charge in [-0.25, -0.2) is 9.59 Å². The summed E-state index contributed by atoms with van der Waals surface area (Å²) in [6.45, 7) is 6.03. The molecule has 1 heterocycles. The first-order chi connectivity index (χ1) is 10.8. The van der Waals surface area contributed by atoms with Crippen LogP contribution in [0.4, 0.5) is 4.79 Å². The molecule has 0 bridgehead atoms. The highest BCUT2D eigenvalue weighted by Crippen LogP contribution is 2.26. The highest BCUT2D eigenvalue weighted by atomic mass is 79.9. The van der Waals surface area contributed by atoms with Crippen LogP contribution >= 0.6 is 15.9 Å². The average molecular weight is 384 g/mol. The van der Waals surface area contributed by atoms with Gasteiger partial charge in [-0.05, 0) is 32.8 Å². The average Bonchev–Trinajstić information content (AvgIpc) is 2.86. The molecule has 0 radical (unpaired) electrons. The maximum absolute atomic E-state index is 12.4. The third-order valence-corrected chi connectivity index (χ3v) is 4.04. The molecule has 1 saturated heterocycles. The van der Waals surface area contributed by atoms with Crippen LogP contribution in [0.25, 0.3) is 0 Å². The van der Waals surface area contributed by atoms with Crippen molar-refractivity contribution >= 4 is 28.0 Å². The van der Waals surface area contributed by atoms with Crippen LogP contribution in [0.3, 0.4) is 0 Å². The molecule has 0 N–H and O–H groups in total. The highest BCUT2D eigenvalue weighted by molar-refractivity contribution is 9.09. The van der Waals surface area contributed by atoms with Crippen LogP contribution in [0.1, 0.15) is 32.8 Å². The van der Waals surface area contributed by atoms with Gasteiger partial charge in [0.05, 0.1) is 0 Å². The number of amides is 1. The van der Waals surface area contributed by atoms with Crippen molar-refractivity contribution in [1.82, 2.24) is 4.90 Å². The normalized spacial score (nSPS) is 21.1. The Balaban J connectivity index is 1.98. The minimum Gasteiger partial charge on any atom is -0.459 e. The van der Waals surface area contributed by atoms with E-state index in [1.54, 1.807) is 20.8 Å². The molecule has 0 saturated carbocycles. The summed E-state index contributed by atoms with van der Waals surface area (Å²) in [7, 11) is 0. The van der Waals surface area contributed by atoms with Crippen molar-refractivity contribution in [3.05, 3.63) is 35.9 Å². The van der Waals surface area contributed by atoms with Gasteiger partial charge in [0.25, 0.3) is 0 Å². The lowest BCUT2D eigenvalue weighted by Gasteiger charge is -2.27. The molecule has 2 atom stereocenters. The maximum atomic E-state index is 12.4. The summed E-state index contributed by atoms with van der Waals surface area (Å²) >= 11 is 3.47.